The summed E-state index contributed by atoms with van der Waals surface area (Å²) in [7, 11) is 0. The number of nitrogens with one attached hydrogen (secondary N) is 1. The van der Waals surface area contributed by atoms with Gasteiger partial charge in [-0.15, -0.1) is 0 Å². The molecule has 0 unspecified atom stereocenters. The zero-order chi connectivity index (χ0) is 13.6. The fraction of sp³-hybridized carbons (Fsp3) is 0.417. The highest BCUT2D eigenvalue weighted by molar-refractivity contribution is 5.74. The van der Waals surface area contributed by atoms with E-state index in [0.29, 0.717) is 5.69 Å². The largest absolute Gasteiger partial charge is 0.437 e. The van der Waals surface area contributed by atoms with Crippen LogP contribution in [0.5, 0.6) is 0 Å². The Labute approximate surface area is 104 Å². The summed E-state index contributed by atoms with van der Waals surface area (Å²) in [5, 5.41) is 11.3. The first-order valence-corrected chi connectivity index (χ1v) is 5.52. The Hall–Kier alpha value is -1.82. The number of rotatable bonds is 2. The highest BCUT2D eigenvalue weighted by Crippen LogP contribution is 2.36. The van der Waals surface area contributed by atoms with Crippen molar-refractivity contribution in [2.45, 2.75) is 32.1 Å². The predicted octanol–water partition coefficient (Wildman–Crippen LogP) is 2.09. The van der Waals surface area contributed by atoms with Crippen molar-refractivity contribution in [2.75, 3.05) is 5.43 Å². The Morgan fingerprint density at radius 1 is 1.28 bits per heavy atom. The van der Waals surface area contributed by atoms with Crippen LogP contribution in [0.2, 0.25) is 0 Å². The maximum absolute atomic E-state index is 12.8. The molecule has 1 amide bonds. The summed E-state index contributed by atoms with van der Waals surface area (Å²) in [5.74, 6) is -0.378. The number of halogens is 1. The molecule has 1 fully saturated rings. The van der Waals surface area contributed by atoms with Crippen molar-refractivity contribution in [3.63, 3.8) is 0 Å². The molecule has 1 saturated heterocycles. The van der Waals surface area contributed by atoms with Crippen molar-refractivity contribution in [1.82, 2.24) is 5.01 Å². The van der Waals surface area contributed by atoms with Gasteiger partial charge in [0.05, 0.1) is 5.69 Å². The van der Waals surface area contributed by atoms with Crippen LogP contribution in [0, 0.1) is 5.82 Å². The van der Waals surface area contributed by atoms with Gasteiger partial charge in [0.1, 0.15) is 5.82 Å². The molecule has 1 aromatic rings. The van der Waals surface area contributed by atoms with E-state index in [1.165, 1.54) is 31.2 Å². The molecule has 6 heteroatoms. The zero-order valence-corrected chi connectivity index (χ0v) is 10.4. The second-order valence-electron chi connectivity index (χ2n) is 4.85. The number of hydrazine groups is 1. The second-order valence-corrected chi connectivity index (χ2v) is 4.85. The normalized spacial score (nSPS) is 26.1. The van der Waals surface area contributed by atoms with Crippen molar-refractivity contribution in [2.24, 2.45) is 0 Å². The van der Waals surface area contributed by atoms with E-state index in [2.05, 4.69) is 5.43 Å². The third-order valence-electron chi connectivity index (χ3n) is 3.19. The SMILES string of the molecule is CC1(C)OC(=O)N(Nc2ccc(F)cc2)[C@]1(C)O. The molecule has 0 aromatic heterocycles. The van der Waals surface area contributed by atoms with E-state index >= 15 is 0 Å². The number of aliphatic hydroxyl groups is 1. The molecule has 0 spiro atoms. The Morgan fingerprint density at radius 3 is 2.28 bits per heavy atom. The zero-order valence-electron chi connectivity index (χ0n) is 10.4. The quantitative estimate of drug-likeness (QED) is 0.848. The maximum Gasteiger partial charge on any atom is 0.432 e. The van der Waals surface area contributed by atoms with Crippen LogP contribution in [0.15, 0.2) is 24.3 Å². The number of hydrogen-bond donors (Lipinski definition) is 2. The van der Waals surface area contributed by atoms with E-state index in [-0.39, 0.29) is 5.82 Å². The summed E-state index contributed by atoms with van der Waals surface area (Å²) in [6.07, 6.45) is -0.686. The number of ether oxygens (including phenoxy) is 1. The van der Waals surface area contributed by atoms with Crippen LogP contribution in [0.3, 0.4) is 0 Å². The fourth-order valence-corrected chi connectivity index (χ4v) is 1.62. The minimum atomic E-state index is -1.52. The second kappa shape index (κ2) is 3.84. The van der Waals surface area contributed by atoms with Crippen molar-refractivity contribution in [3.05, 3.63) is 30.1 Å². The van der Waals surface area contributed by atoms with E-state index in [1.807, 2.05) is 0 Å². The minimum absolute atomic E-state index is 0.378. The predicted molar refractivity (Wildman–Crippen MR) is 63.0 cm³/mol. The van der Waals surface area contributed by atoms with Crippen LogP contribution < -0.4 is 5.43 Å². The highest BCUT2D eigenvalue weighted by atomic mass is 19.1. The molecule has 5 nitrogen and oxygen atoms in total. The van der Waals surface area contributed by atoms with Crippen molar-refractivity contribution < 1.29 is 19.0 Å². The van der Waals surface area contributed by atoms with E-state index in [4.69, 9.17) is 4.74 Å². The molecule has 1 aliphatic rings. The number of carbonyl (C=O) groups is 1. The molecule has 1 aliphatic heterocycles. The van der Waals surface area contributed by atoms with Crippen molar-refractivity contribution >= 4 is 11.8 Å². The highest BCUT2D eigenvalue weighted by Gasteiger charge is 2.57. The average Bonchev–Trinajstić information content (AvgIpc) is 2.40. The molecule has 98 valence electrons. The Kier molecular flexibility index (Phi) is 2.70. The van der Waals surface area contributed by atoms with Crippen LogP contribution in [0.1, 0.15) is 20.8 Å². The number of benzene rings is 1. The van der Waals surface area contributed by atoms with Gasteiger partial charge >= 0.3 is 6.09 Å². The molecular formula is C12H15FN2O3. The lowest BCUT2D eigenvalue weighted by Gasteiger charge is -2.34. The molecule has 0 saturated carbocycles. The average molecular weight is 254 g/mol. The van der Waals surface area contributed by atoms with Crippen LogP contribution in [-0.4, -0.2) is 27.5 Å². The molecule has 0 bridgehead atoms. The van der Waals surface area contributed by atoms with Gasteiger partial charge in [-0.2, -0.15) is 5.01 Å². The van der Waals surface area contributed by atoms with E-state index in [0.717, 1.165) is 5.01 Å². The van der Waals surface area contributed by atoms with Gasteiger partial charge in [0.25, 0.3) is 0 Å². The standard InChI is InChI=1S/C12H15FN2O3/c1-11(2)12(3,17)15(10(16)18-11)14-9-6-4-8(13)5-7-9/h4-7,14,17H,1-3H3/t12-/m1/s1. The lowest BCUT2D eigenvalue weighted by molar-refractivity contribution is -0.121. The number of cyclic esters (lactones) is 1. The number of hydrogen-bond acceptors (Lipinski definition) is 4. The van der Waals surface area contributed by atoms with E-state index in [9.17, 15) is 14.3 Å². The van der Waals surface area contributed by atoms with Gasteiger partial charge in [0.15, 0.2) is 11.3 Å². The summed E-state index contributed by atoms with van der Waals surface area (Å²) < 4.78 is 17.8. The first kappa shape index (κ1) is 12.6. The summed E-state index contributed by atoms with van der Waals surface area (Å²) in [4.78, 5) is 11.7. The Morgan fingerprint density at radius 2 is 1.83 bits per heavy atom. The van der Waals surface area contributed by atoms with Gasteiger partial charge in [-0.25, -0.2) is 9.18 Å². The Balaban J connectivity index is 2.24. The first-order chi connectivity index (χ1) is 8.24. The number of amides is 1. The van der Waals surface area contributed by atoms with Gasteiger partial charge in [-0.3, -0.25) is 5.43 Å². The van der Waals surface area contributed by atoms with Gasteiger partial charge in [-0.1, -0.05) is 0 Å². The number of carbonyl (C=O) groups excluding carboxylic acids is 1. The van der Waals surface area contributed by atoms with Crippen LogP contribution >= 0.6 is 0 Å². The summed E-state index contributed by atoms with van der Waals surface area (Å²) in [6.45, 7) is 4.68. The van der Waals surface area contributed by atoms with Gasteiger partial charge in [0, 0.05) is 0 Å². The molecule has 2 rings (SSSR count). The summed E-state index contributed by atoms with van der Waals surface area (Å²) in [6, 6.07) is 5.43. The number of nitrogens with zero attached hydrogens (tertiary/aromatic N) is 1. The molecule has 1 heterocycles. The lowest BCUT2D eigenvalue weighted by Crippen LogP contribution is -2.55. The first-order valence-electron chi connectivity index (χ1n) is 5.52. The fourth-order valence-electron chi connectivity index (χ4n) is 1.62. The van der Waals surface area contributed by atoms with E-state index < -0.39 is 17.4 Å². The van der Waals surface area contributed by atoms with Crippen LogP contribution in [0.25, 0.3) is 0 Å². The molecule has 1 atom stereocenters. The van der Waals surface area contributed by atoms with Crippen LogP contribution in [0.4, 0.5) is 14.9 Å². The van der Waals surface area contributed by atoms with E-state index in [1.54, 1.807) is 13.8 Å². The third kappa shape index (κ3) is 1.88. The van der Waals surface area contributed by atoms with Crippen LogP contribution in [-0.2, 0) is 4.74 Å². The van der Waals surface area contributed by atoms with Gasteiger partial charge in [-0.05, 0) is 45.0 Å². The minimum Gasteiger partial charge on any atom is -0.437 e. The molecule has 0 aliphatic carbocycles. The summed E-state index contributed by atoms with van der Waals surface area (Å²) in [5.41, 5.74) is 0.624. The number of anilines is 1. The summed E-state index contributed by atoms with van der Waals surface area (Å²) >= 11 is 0. The van der Waals surface area contributed by atoms with Gasteiger partial charge < -0.3 is 9.84 Å². The topological polar surface area (TPSA) is 61.8 Å². The smallest absolute Gasteiger partial charge is 0.432 e. The monoisotopic (exact) mass is 254 g/mol. The Bertz CT molecular complexity index is 471. The molecular weight excluding hydrogens is 239 g/mol. The molecule has 2 N–H and O–H groups in total. The molecule has 1 aromatic carbocycles. The van der Waals surface area contributed by atoms with Crippen molar-refractivity contribution in [1.29, 1.82) is 0 Å². The molecule has 18 heavy (non-hydrogen) atoms. The van der Waals surface area contributed by atoms with Gasteiger partial charge in [0.2, 0.25) is 0 Å². The lowest BCUT2D eigenvalue weighted by atomic mass is 9.97. The van der Waals surface area contributed by atoms with Crippen molar-refractivity contribution in [3.8, 4) is 0 Å². The maximum atomic E-state index is 12.8. The third-order valence-corrected chi connectivity index (χ3v) is 3.19. The molecule has 0 radical (unpaired) electrons.